The molecule has 27 heavy (non-hydrogen) atoms. The predicted molar refractivity (Wildman–Crippen MR) is 103 cm³/mol. The number of carbonyl (C=O) groups is 2. The Morgan fingerprint density at radius 1 is 1.04 bits per heavy atom. The van der Waals surface area contributed by atoms with Crippen LogP contribution in [0, 0.1) is 0 Å². The zero-order chi connectivity index (χ0) is 20.0. The monoisotopic (exact) mass is 393 g/mol. The Bertz CT molecular complexity index is 747. The SMILES string of the molecule is CC1=C(C(=O)OCCN)C(c2cccc(Cl)c2)C(C(=O)OCCN)=C(C)N1. The van der Waals surface area contributed by atoms with Gasteiger partial charge < -0.3 is 26.3 Å². The molecule has 0 fully saturated rings. The second kappa shape index (κ2) is 9.55. The van der Waals surface area contributed by atoms with Gasteiger partial charge in [0.15, 0.2) is 0 Å². The van der Waals surface area contributed by atoms with E-state index in [2.05, 4.69) is 5.32 Å². The molecule has 146 valence electrons. The van der Waals surface area contributed by atoms with Crippen molar-refractivity contribution in [1.82, 2.24) is 5.32 Å². The van der Waals surface area contributed by atoms with E-state index in [1.54, 1.807) is 38.1 Å². The van der Waals surface area contributed by atoms with Gasteiger partial charge in [0.1, 0.15) is 13.2 Å². The lowest BCUT2D eigenvalue weighted by Gasteiger charge is -2.30. The molecule has 5 N–H and O–H groups in total. The predicted octanol–water partition coefficient (Wildman–Crippen LogP) is 1.58. The Labute approximate surface area is 163 Å². The zero-order valence-electron chi connectivity index (χ0n) is 15.4. The summed E-state index contributed by atoms with van der Waals surface area (Å²) in [6, 6.07) is 6.99. The first-order chi connectivity index (χ1) is 12.9. The molecule has 0 bridgehead atoms. The third-order valence-electron chi connectivity index (χ3n) is 4.08. The second-order valence-electron chi connectivity index (χ2n) is 6.04. The minimum Gasteiger partial charge on any atom is -0.461 e. The maximum absolute atomic E-state index is 12.7. The van der Waals surface area contributed by atoms with Crippen LogP contribution in [-0.2, 0) is 19.1 Å². The van der Waals surface area contributed by atoms with Crippen molar-refractivity contribution in [3.8, 4) is 0 Å². The minimum atomic E-state index is -0.680. The highest BCUT2D eigenvalue weighted by atomic mass is 35.5. The maximum atomic E-state index is 12.7. The van der Waals surface area contributed by atoms with E-state index < -0.39 is 17.9 Å². The van der Waals surface area contributed by atoms with Crippen molar-refractivity contribution in [2.24, 2.45) is 11.5 Å². The summed E-state index contributed by atoms with van der Waals surface area (Å²) in [5.74, 6) is -1.78. The highest BCUT2D eigenvalue weighted by Gasteiger charge is 2.38. The van der Waals surface area contributed by atoms with Gasteiger partial charge in [0.05, 0.1) is 17.1 Å². The number of hydrogen-bond donors (Lipinski definition) is 3. The van der Waals surface area contributed by atoms with Crippen molar-refractivity contribution >= 4 is 23.5 Å². The van der Waals surface area contributed by atoms with Crippen molar-refractivity contribution in [2.75, 3.05) is 26.3 Å². The Morgan fingerprint density at radius 2 is 1.56 bits per heavy atom. The number of benzene rings is 1. The zero-order valence-corrected chi connectivity index (χ0v) is 16.1. The summed E-state index contributed by atoms with van der Waals surface area (Å²) >= 11 is 6.15. The molecule has 0 unspecified atom stereocenters. The van der Waals surface area contributed by atoms with Gasteiger partial charge in [0.25, 0.3) is 0 Å². The van der Waals surface area contributed by atoms with E-state index in [9.17, 15) is 9.59 Å². The molecular weight excluding hydrogens is 370 g/mol. The lowest BCUT2D eigenvalue weighted by atomic mass is 9.80. The van der Waals surface area contributed by atoms with Gasteiger partial charge in [-0.05, 0) is 31.5 Å². The summed E-state index contributed by atoms with van der Waals surface area (Å²) in [5.41, 5.74) is 13.4. The molecular formula is C19H24ClN3O4. The topological polar surface area (TPSA) is 117 Å². The lowest BCUT2D eigenvalue weighted by Crippen LogP contribution is -2.33. The number of allylic oxidation sites excluding steroid dienone is 2. The van der Waals surface area contributed by atoms with Crippen LogP contribution in [0.15, 0.2) is 46.8 Å². The van der Waals surface area contributed by atoms with E-state index in [0.29, 0.717) is 33.1 Å². The average molecular weight is 394 g/mol. The Kier molecular flexibility index (Phi) is 7.41. The molecule has 1 heterocycles. The van der Waals surface area contributed by atoms with Gasteiger partial charge in [-0.2, -0.15) is 0 Å². The molecule has 8 heteroatoms. The Balaban J connectivity index is 2.56. The first kappa shape index (κ1) is 21.0. The number of ether oxygens (including phenoxy) is 2. The molecule has 0 saturated heterocycles. The van der Waals surface area contributed by atoms with Crippen LogP contribution < -0.4 is 16.8 Å². The van der Waals surface area contributed by atoms with Gasteiger partial charge in [0.2, 0.25) is 0 Å². The Morgan fingerprint density at radius 3 is 2.00 bits per heavy atom. The molecule has 0 spiro atoms. The number of nitrogens with one attached hydrogen (secondary N) is 1. The summed E-state index contributed by atoms with van der Waals surface area (Å²) in [6.45, 7) is 4.06. The summed E-state index contributed by atoms with van der Waals surface area (Å²) in [4.78, 5) is 25.4. The largest absolute Gasteiger partial charge is 0.461 e. The standard InChI is InChI=1S/C19H24ClN3O4/c1-11-15(18(24)26-8-6-21)17(13-4-3-5-14(20)10-13)16(12(2)23-11)19(25)27-9-7-22/h3-5,10,17,23H,6-9,21-22H2,1-2H3. The van der Waals surface area contributed by atoms with Crippen molar-refractivity contribution < 1.29 is 19.1 Å². The molecule has 0 aromatic heterocycles. The number of esters is 2. The van der Waals surface area contributed by atoms with E-state index in [1.807, 2.05) is 0 Å². The summed E-state index contributed by atoms with van der Waals surface area (Å²) < 4.78 is 10.5. The Hall–Kier alpha value is -2.35. The molecule has 0 saturated carbocycles. The fourth-order valence-electron chi connectivity index (χ4n) is 3.01. The number of nitrogens with two attached hydrogens (primary N) is 2. The molecule has 0 aliphatic carbocycles. The van der Waals surface area contributed by atoms with E-state index >= 15 is 0 Å². The third kappa shape index (κ3) is 4.88. The van der Waals surface area contributed by atoms with Gasteiger partial charge in [-0.25, -0.2) is 9.59 Å². The van der Waals surface area contributed by atoms with Gasteiger partial charge in [0, 0.05) is 29.5 Å². The van der Waals surface area contributed by atoms with Crippen LogP contribution in [0.2, 0.25) is 5.02 Å². The van der Waals surface area contributed by atoms with E-state index in [4.69, 9.17) is 32.5 Å². The summed E-state index contributed by atoms with van der Waals surface area (Å²) in [7, 11) is 0. The summed E-state index contributed by atoms with van der Waals surface area (Å²) in [6.07, 6.45) is 0. The molecule has 1 aromatic rings. The summed E-state index contributed by atoms with van der Waals surface area (Å²) in [5, 5.41) is 3.56. The highest BCUT2D eigenvalue weighted by Crippen LogP contribution is 2.39. The highest BCUT2D eigenvalue weighted by molar-refractivity contribution is 6.30. The quantitative estimate of drug-likeness (QED) is 0.602. The molecule has 0 amide bonds. The van der Waals surface area contributed by atoms with Crippen molar-refractivity contribution in [1.29, 1.82) is 0 Å². The molecule has 1 aliphatic rings. The molecule has 0 radical (unpaired) electrons. The van der Waals surface area contributed by atoms with Gasteiger partial charge in [-0.15, -0.1) is 0 Å². The van der Waals surface area contributed by atoms with Gasteiger partial charge in [-0.3, -0.25) is 0 Å². The van der Waals surface area contributed by atoms with Crippen LogP contribution in [-0.4, -0.2) is 38.2 Å². The van der Waals surface area contributed by atoms with Crippen LogP contribution in [0.1, 0.15) is 25.3 Å². The maximum Gasteiger partial charge on any atom is 0.336 e. The van der Waals surface area contributed by atoms with Crippen molar-refractivity contribution in [3.63, 3.8) is 0 Å². The fraction of sp³-hybridized carbons (Fsp3) is 0.368. The van der Waals surface area contributed by atoms with Crippen LogP contribution in [0.3, 0.4) is 0 Å². The number of carbonyl (C=O) groups excluding carboxylic acids is 2. The van der Waals surface area contributed by atoms with Gasteiger partial charge >= 0.3 is 11.9 Å². The third-order valence-corrected chi connectivity index (χ3v) is 4.32. The smallest absolute Gasteiger partial charge is 0.336 e. The number of hydrogen-bond acceptors (Lipinski definition) is 7. The number of rotatable bonds is 7. The van der Waals surface area contributed by atoms with Crippen LogP contribution >= 0.6 is 11.6 Å². The van der Waals surface area contributed by atoms with Crippen LogP contribution in [0.25, 0.3) is 0 Å². The van der Waals surface area contributed by atoms with Crippen molar-refractivity contribution in [3.05, 3.63) is 57.4 Å². The second-order valence-corrected chi connectivity index (χ2v) is 6.48. The number of halogens is 1. The van der Waals surface area contributed by atoms with E-state index in [-0.39, 0.29) is 26.3 Å². The van der Waals surface area contributed by atoms with Crippen molar-refractivity contribution in [2.45, 2.75) is 19.8 Å². The van der Waals surface area contributed by atoms with Crippen LogP contribution in [0.4, 0.5) is 0 Å². The first-order valence-corrected chi connectivity index (χ1v) is 8.96. The van der Waals surface area contributed by atoms with E-state index in [0.717, 1.165) is 0 Å². The first-order valence-electron chi connectivity index (χ1n) is 8.59. The molecule has 7 nitrogen and oxygen atoms in total. The normalized spacial score (nSPS) is 14.9. The molecule has 1 aromatic carbocycles. The lowest BCUT2D eigenvalue weighted by molar-refractivity contribution is -0.139. The fourth-order valence-corrected chi connectivity index (χ4v) is 3.21. The molecule has 0 atom stereocenters. The minimum absolute atomic E-state index is 0.0769. The number of dihydropyridines is 1. The van der Waals surface area contributed by atoms with Crippen LogP contribution in [0.5, 0.6) is 0 Å². The molecule has 2 rings (SSSR count). The average Bonchev–Trinajstić information content (AvgIpc) is 2.63. The molecule has 1 aliphatic heterocycles. The van der Waals surface area contributed by atoms with Gasteiger partial charge in [-0.1, -0.05) is 23.7 Å². The van der Waals surface area contributed by atoms with E-state index in [1.165, 1.54) is 0 Å².